The van der Waals surface area contributed by atoms with Gasteiger partial charge in [0.25, 0.3) is 0 Å². The molecule has 3 rings (SSSR count). The van der Waals surface area contributed by atoms with Crippen LogP contribution in [0.1, 0.15) is 52.0 Å². The van der Waals surface area contributed by atoms with Crippen LogP contribution in [0, 0.1) is 5.92 Å². The first-order valence-electron chi connectivity index (χ1n) is 11.6. The molecule has 1 aromatic heterocycles. The second-order valence-corrected chi connectivity index (χ2v) is 28.6. The van der Waals surface area contributed by atoms with Crippen LogP contribution in [0.4, 0.5) is 0 Å². The standard InChI is InChI=1S/C21H25N.C2H5.3CH3.2Sn/c1-4-6-9-17(5-2)15-22-20-11-8-7-10-18(20)19-13-12-16(3)14-21(19)22;1-2;;;;;/h7,10-14,17H,3-6,9,15H2,1-2H3;1H2,2H3;3*1H3;;. The Morgan fingerprint density at radius 2 is 1.62 bits per heavy atom. The summed E-state index contributed by atoms with van der Waals surface area (Å²) in [5.41, 5.74) is 4.56. The molecule has 0 aliphatic heterocycles. The molecule has 0 N–H and O–H groups in total. The molecule has 1 heterocycles. The number of aromatic nitrogens is 1. The van der Waals surface area contributed by atoms with Crippen molar-refractivity contribution in [1.82, 2.24) is 4.57 Å². The molecule has 3 aromatic rings. The maximum absolute atomic E-state index is 2.70. The number of nitrogens with zero attached hydrogens (tertiary/aromatic N) is 1. The summed E-state index contributed by atoms with van der Waals surface area (Å²) in [5.74, 6) is 0.784. The summed E-state index contributed by atoms with van der Waals surface area (Å²) < 4.78 is 7.16. The van der Waals surface area contributed by atoms with Crippen molar-refractivity contribution in [3.63, 3.8) is 0 Å². The van der Waals surface area contributed by atoms with Crippen molar-refractivity contribution in [3.8, 4) is 0 Å². The summed E-state index contributed by atoms with van der Waals surface area (Å²) in [6, 6.07) is 14.8. The first-order valence-corrected chi connectivity index (χ1v) is 25.7. The number of rotatable bonds is 10. The molecule has 0 saturated heterocycles. The van der Waals surface area contributed by atoms with E-state index in [-0.39, 0.29) is 21.1 Å². The van der Waals surface area contributed by atoms with Crippen LogP contribution in [0.5, 0.6) is 0 Å². The summed E-state index contributed by atoms with van der Waals surface area (Å²) in [6.07, 6.45) is 5.30. The fourth-order valence-corrected chi connectivity index (χ4v) is 9.81. The average molecular weight is 603 g/mol. The molecule has 0 aliphatic rings. The second-order valence-electron chi connectivity index (χ2n) is 9.64. The van der Waals surface area contributed by atoms with Crippen LogP contribution in [-0.4, -0.2) is 44.1 Å². The van der Waals surface area contributed by atoms with Crippen molar-refractivity contribution in [2.24, 2.45) is 5.92 Å². The van der Waals surface area contributed by atoms with Crippen molar-refractivity contribution in [3.05, 3.63) is 42.0 Å². The van der Waals surface area contributed by atoms with Crippen molar-refractivity contribution < 1.29 is 0 Å². The Labute approximate surface area is 192 Å². The first kappa shape index (κ1) is 23.5. The topological polar surface area (TPSA) is 4.93 Å². The predicted octanol–water partition coefficient (Wildman–Crippen LogP) is 7.20. The van der Waals surface area contributed by atoms with E-state index in [0.717, 1.165) is 5.92 Å². The molecule has 2 radical (unpaired) electrons. The molecule has 0 bridgehead atoms. The zero-order chi connectivity index (χ0) is 21.0. The average Bonchev–Trinajstić information content (AvgIpc) is 3.01. The van der Waals surface area contributed by atoms with E-state index in [0.29, 0.717) is 0 Å². The van der Waals surface area contributed by atoms with Gasteiger partial charge in [-0.15, -0.1) is 0 Å². The number of benzene rings is 2. The van der Waals surface area contributed by atoms with Gasteiger partial charge in [-0.1, -0.05) is 0 Å². The van der Waals surface area contributed by atoms with E-state index in [1.165, 1.54) is 62.9 Å². The zero-order valence-electron chi connectivity index (χ0n) is 19.4. The van der Waals surface area contributed by atoms with Crippen LogP contribution < -0.4 is 3.58 Å². The third-order valence-electron chi connectivity index (χ3n) is 6.36. The summed E-state index contributed by atoms with van der Waals surface area (Å²) in [6.45, 7) is 8.24. The molecule has 0 spiro atoms. The number of hydrogen-bond donors (Lipinski definition) is 0. The molecule has 156 valence electrons. The minimum absolute atomic E-state index is 0.223. The van der Waals surface area contributed by atoms with Crippen LogP contribution in [0.3, 0.4) is 0 Å². The fourth-order valence-electron chi connectivity index (χ4n) is 4.36. The summed E-state index contributed by atoms with van der Waals surface area (Å²) >= 11 is -2.32. The van der Waals surface area contributed by atoms with E-state index in [4.69, 9.17) is 0 Å². The number of fused-ring (bicyclic) bond motifs is 3. The van der Waals surface area contributed by atoms with Crippen LogP contribution in [0.2, 0.25) is 19.3 Å². The molecule has 0 saturated carbocycles. The van der Waals surface area contributed by atoms with Crippen molar-refractivity contribution in [2.75, 3.05) is 0 Å². The predicted molar refractivity (Wildman–Crippen MR) is 136 cm³/mol. The third-order valence-corrected chi connectivity index (χ3v) is 15.5. The number of hydrogen-bond acceptors (Lipinski definition) is 0. The molecular weight excluding hydrogens is 564 g/mol. The van der Waals surface area contributed by atoms with Crippen LogP contribution in [0.25, 0.3) is 21.8 Å². The second kappa shape index (κ2) is 10.4. The Kier molecular flexibility index (Phi) is 8.45. The van der Waals surface area contributed by atoms with Crippen molar-refractivity contribution in [1.29, 1.82) is 0 Å². The first-order chi connectivity index (χ1) is 13.9. The van der Waals surface area contributed by atoms with Crippen molar-refractivity contribution in [2.45, 2.75) is 76.7 Å². The third kappa shape index (κ3) is 5.56. The maximum atomic E-state index is 2.70. The molecular formula is C26H39NSn2. The van der Waals surface area contributed by atoms with Gasteiger partial charge in [0.15, 0.2) is 0 Å². The van der Waals surface area contributed by atoms with E-state index in [1.54, 1.807) is 9.14 Å². The molecule has 0 aliphatic carbocycles. The van der Waals surface area contributed by atoms with E-state index in [9.17, 15) is 0 Å². The van der Waals surface area contributed by atoms with E-state index in [1.807, 2.05) is 0 Å². The molecule has 1 nitrogen and oxygen atoms in total. The summed E-state index contributed by atoms with van der Waals surface area (Å²) in [5, 5.41) is 2.93. The molecule has 2 aromatic carbocycles. The van der Waals surface area contributed by atoms with Crippen LogP contribution >= 0.6 is 0 Å². The van der Waals surface area contributed by atoms with Gasteiger partial charge in [0.05, 0.1) is 0 Å². The van der Waals surface area contributed by atoms with Gasteiger partial charge in [-0.2, -0.15) is 0 Å². The van der Waals surface area contributed by atoms with Gasteiger partial charge in [0, 0.05) is 0 Å². The SMILES string of the molecule is CCCCC(CC)Cn1c2cc([CH2][Sn][CH2]C)ccc2c2cc[c]([Sn]([CH3])([CH3])[CH3])cc21. The summed E-state index contributed by atoms with van der Waals surface area (Å²) in [7, 11) is 0. The monoisotopic (exact) mass is 605 g/mol. The number of unbranched alkanes of at least 4 members (excludes halogenated alkanes) is 1. The van der Waals surface area contributed by atoms with Gasteiger partial charge in [-0.05, 0) is 0 Å². The van der Waals surface area contributed by atoms with Gasteiger partial charge in [0.1, 0.15) is 0 Å². The Morgan fingerprint density at radius 3 is 2.24 bits per heavy atom. The zero-order valence-corrected chi connectivity index (χ0v) is 25.1. The van der Waals surface area contributed by atoms with E-state index >= 15 is 0 Å². The van der Waals surface area contributed by atoms with Gasteiger partial charge < -0.3 is 0 Å². The van der Waals surface area contributed by atoms with Gasteiger partial charge in [-0.3, -0.25) is 0 Å². The Hall–Kier alpha value is -0.163. The van der Waals surface area contributed by atoms with Crippen molar-refractivity contribution >= 4 is 64.9 Å². The Morgan fingerprint density at radius 1 is 0.931 bits per heavy atom. The van der Waals surface area contributed by atoms with Gasteiger partial charge in [0.2, 0.25) is 0 Å². The summed E-state index contributed by atoms with van der Waals surface area (Å²) in [4.78, 5) is 7.61. The molecule has 3 heteroatoms. The normalized spacial score (nSPS) is 13.4. The van der Waals surface area contributed by atoms with Gasteiger partial charge >= 0.3 is 194 Å². The van der Waals surface area contributed by atoms with Crippen LogP contribution in [-0.2, 0) is 11.0 Å². The Balaban J connectivity index is 2.16. The quantitative estimate of drug-likeness (QED) is 0.216. The van der Waals surface area contributed by atoms with E-state index in [2.05, 4.69) is 76.6 Å². The molecule has 1 unspecified atom stereocenters. The minimum atomic E-state index is -2.10. The van der Waals surface area contributed by atoms with Gasteiger partial charge in [-0.25, -0.2) is 0 Å². The molecule has 1 atom stereocenters. The molecule has 0 fully saturated rings. The molecule has 29 heavy (non-hydrogen) atoms. The van der Waals surface area contributed by atoms with Crippen LogP contribution in [0.15, 0.2) is 36.4 Å². The Bertz CT molecular complexity index is 949. The molecule has 0 amide bonds. The van der Waals surface area contributed by atoms with E-state index < -0.39 is 18.4 Å². The fraction of sp³-hybridized carbons (Fsp3) is 0.538.